The van der Waals surface area contributed by atoms with Crippen LogP contribution < -0.4 is 0 Å². The van der Waals surface area contributed by atoms with E-state index >= 15 is 0 Å². The van der Waals surface area contributed by atoms with E-state index in [0.29, 0.717) is 17.5 Å². The average Bonchev–Trinajstić information content (AvgIpc) is 3.73. The Kier molecular flexibility index (Phi) is 9.30. The van der Waals surface area contributed by atoms with E-state index in [1.165, 1.54) is 15.6 Å². The fourth-order valence-electron chi connectivity index (χ4n) is 7.83. The van der Waals surface area contributed by atoms with E-state index in [1.54, 1.807) is 11.3 Å². The summed E-state index contributed by atoms with van der Waals surface area (Å²) in [5.41, 5.74) is 12.8. The quantitative estimate of drug-likeness (QED) is 0.153. The zero-order valence-corrected chi connectivity index (χ0v) is 33.7. The Morgan fingerprint density at radius 2 is 0.557 bits per heavy atom. The normalized spacial score (nSPS) is 11.3. The van der Waals surface area contributed by atoms with Gasteiger partial charge in [-0.3, -0.25) is 0 Å². The molecular formula is C55H35N5S. The highest BCUT2D eigenvalue weighted by Gasteiger charge is 2.17. The van der Waals surface area contributed by atoms with Crippen molar-refractivity contribution in [2.75, 3.05) is 0 Å². The van der Waals surface area contributed by atoms with Crippen LogP contribution in [-0.4, -0.2) is 24.9 Å². The summed E-state index contributed by atoms with van der Waals surface area (Å²) in [5, 5.41) is 2.31. The molecular weight excluding hydrogens is 763 g/mol. The molecule has 0 spiro atoms. The summed E-state index contributed by atoms with van der Waals surface area (Å²) in [6, 6.07) is 73.6. The first-order valence-corrected chi connectivity index (χ1v) is 21.1. The van der Waals surface area contributed by atoms with Gasteiger partial charge in [0.1, 0.15) is 4.83 Å². The van der Waals surface area contributed by atoms with Crippen LogP contribution in [0.1, 0.15) is 0 Å². The standard InChI is InChI=1S/C55H35N5S/c1-4-12-42(13-5-1)50-49-47-18-10-11-19-48(47)61-55(49)60-51(56-50)45-32-28-40(29-33-45)38-24-20-36(21-25-38)37-22-26-39(27-23-37)41-30-34-46(35-31-41)54-58-52(43-14-6-2-7-15-43)57-53(59-54)44-16-8-3-9-17-44/h1-35H. The highest BCUT2D eigenvalue weighted by Crippen LogP contribution is 2.40. The first kappa shape index (κ1) is 36.2. The molecule has 0 fully saturated rings. The Morgan fingerprint density at radius 1 is 0.246 bits per heavy atom. The summed E-state index contributed by atoms with van der Waals surface area (Å²) in [5.74, 6) is 2.68. The molecule has 0 unspecified atom stereocenters. The zero-order chi connectivity index (χ0) is 40.5. The molecule has 0 radical (unpaired) electrons. The van der Waals surface area contributed by atoms with Crippen LogP contribution in [0.4, 0.5) is 0 Å². The largest absolute Gasteiger partial charge is 0.227 e. The van der Waals surface area contributed by atoms with E-state index in [1.807, 2.05) is 66.7 Å². The van der Waals surface area contributed by atoms with Gasteiger partial charge in [0.25, 0.3) is 0 Å². The summed E-state index contributed by atoms with van der Waals surface area (Å²) < 4.78 is 1.22. The molecule has 61 heavy (non-hydrogen) atoms. The second kappa shape index (κ2) is 15.7. The van der Waals surface area contributed by atoms with Gasteiger partial charge >= 0.3 is 0 Å². The van der Waals surface area contributed by atoms with Gasteiger partial charge in [-0.1, -0.05) is 206 Å². The van der Waals surface area contributed by atoms with E-state index in [2.05, 4.69) is 146 Å². The second-order valence-electron chi connectivity index (χ2n) is 14.9. The third kappa shape index (κ3) is 7.16. The predicted molar refractivity (Wildman–Crippen MR) is 252 cm³/mol. The molecule has 0 aliphatic heterocycles. The first-order chi connectivity index (χ1) is 30.2. The smallest absolute Gasteiger partial charge is 0.164 e. The van der Waals surface area contributed by atoms with Crippen LogP contribution in [0.15, 0.2) is 212 Å². The Bertz CT molecular complexity index is 3240. The third-order valence-corrected chi connectivity index (χ3v) is 12.1. The minimum absolute atomic E-state index is 0.644. The lowest BCUT2D eigenvalue weighted by Crippen LogP contribution is -2.00. The van der Waals surface area contributed by atoms with Gasteiger partial charge in [0.2, 0.25) is 0 Å². The molecule has 5 nitrogen and oxygen atoms in total. The van der Waals surface area contributed by atoms with Crippen LogP contribution in [0.25, 0.3) is 110 Å². The van der Waals surface area contributed by atoms with E-state index in [0.717, 1.165) is 77.4 Å². The molecule has 286 valence electrons. The van der Waals surface area contributed by atoms with Crippen molar-refractivity contribution in [1.29, 1.82) is 0 Å². The number of hydrogen-bond donors (Lipinski definition) is 0. The highest BCUT2D eigenvalue weighted by atomic mass is 32.1. The van der Waals surface area contributed by atoms with Crippen molar-refractivity contribution >= 4 is 31.6 Å². The minimum Gasteiger partial charge on any atom is -0.227 e. The molecule has 0 saturated heterocycles. The summed E-state index contributed by atoms with van der Waals surface area (Å²) in [4.78, 5) is 25.9. The summed E-state index contributed by atoms with van der Waals surface area (Å²) in [6.07, 6.45) is 0. The maximum Gasteiger partial charge on any atom is 0.164 e. The second-order valence-corrected chi connectivity index (χ2v) is 15.9. The monoisotopic (exact) mass is 797 g/mol. The van der Waals surface area contributed by atoms with Gasteiger partial charge < -0.3 is 0 Å². The number of nitrogens with zero attached hydrogens (tertiary/aromatic N) is 5. The Hall–Kier alpha value is -7.93. The molecule has 0 aliphatic carbocycles. The lowest BCUT2D eigenvalue weighted by atomic mass is 9.97. The molecule has 0 N–H and O–H groups in total. The van der Waals surface area contributed by atoms with E-state index in [-0.39, 0.29) is 0 Å². The molecule has 3 aromatic heterocycles. The van der Waals surface area contributed by atoms with Crippen LogP contribution in [-0.2, 0) is 0 Å². The van der Waals surface area contributed by atoms with Crippen molar-refractivity contribution in [1.82, 2.24) is 24.9 Å². The highest BCUT2D eigenvalue weighted by molar-refractivity contribution is 7.25. The van der Waals surface area contributed by atoms with Gasteiger partial charge in [0.05, 0.1) is 5.69 Å². The fourth-order valence-corrected chi connectivity index (χ4v) is 8.90. The van der Waals surface area contributed by atoms with Crippen LogP contribution >= 0.6 is 11.3 Å². The zero-order valence-electron chi connectivity index (χ0n) is 32.9. The van der Waals surface area contributed by atoms with Crippen LogP contribution in [0.2, 0.25) is 0 Å². The first-order valence-electron chi connectivity index (χ1n) is 20.2. The fraction of sp³-hybridized carbons (Fsp3) is 0. The average molecular weight is 798 g/mol. The number of hydrogen-bond acceptors (Lipinski definition) is 6. The molecule has 0 amide bonds. The summed E-state index contributed by atoms with van der Waals surface area (Å²) >= 11 is 1.72. The summed E-state index contributed by atoms with van der Waals surface area (Å²) in [7, 11) is 0. The third-order valence-electron chi connectivity index (χ3n) is 11.0. The maximum absolute atomic E-state index is 5.17. The lowest BCUT2D eigenvalue weighted by molar-refractivity contribution is 1.07. The van der Waals surface area contributed by atoms with Gasteiger partial charge in [0, 0.05) is 43.3 Å². The van der Waals surface area contributed by atoms with Crippen molar-refractivity contribution in [2.24, 2.45) is 0 Å². The molecule has 0 aliphatic rings. The van der Waals surface area contributed by atoms with Crippen molar-refractivity contribution in [3.05, 3.63) is 212 Å². The molecule has 11 aromatic rings. The van der Waals surface area contributed by atoms with Gasteiger partial charge in [-0.05, 0) is 39.4 Å². The molecule has 0 saturated carbocycles. The number of fused-ring (bicyclic) bond motifs is 3. The molecule has 0 atom stereocenters. The number of thiophene rings is 1. The van der Waals surface area contributed by atoms with E-state index in [9.17, 15) is 0 Å². The maximum atomic E-state index is 5.17. The van der Waals surface area contributed by atoms with Gasteiger partial charge in [0.15, 0.2) is 23.3 Å². The topological polar surface area (TPSA) is 64.5 Å². The molecule has 0 bridgehead atoms. The molecule has 8 aromatic carbocycles. The van der Waals surface area contributed by atoms with E-state index < -0.39 is 0 Å². The molecule has 6 heteroatoms. The molecule has 3 heterocycles. The minimum atomic E-state index is 0.644. The van der Waals surface area contributed by atoms with Crippen molar-refractivity contribution in [3.8, 4) is 90.2 Å². The van der Waals surface area contributed by atoms with Gasteiger partial charge in [-0.2, -0.15) is 0 Å². The number of rotatable bonds is 8. The van der Waals surface area contributed by atoms with Crippen molar-refractivity contribution < 1.29 is 0 Å². The van der Waals surface area contributed by atoms with Gasteiger partial charge in [-0.15, -0.1) is 11.3 Å². The van der Waals surface area contributed by atoms with Crippen LogP contribution in [0, 0.1) is 0 Å². The van der Waals surface area contributed by atoms with E-state index in [4.69, 9.17) is 24.9 Å². The number of aromatic nitrogens is 5. The Morgan fingerprint density at radius 3 is 0.967 bits per heavy atom. The van der Waals surface area contributed by atoms with Crippen molar-refractivity contribution in [2.45, 2.75) is 0 Å². The van der Waals surface area contributed by atoms with Gasteiger partial charge in [-0.25, -0.2) is 24.9 Å². The Labute approximate surface area is 357 Å². The SMILES string of the molecule is c1ccc(-c2nc(-c3ccccc3)nc(-c3ccc(-c4ccc(-c5ccc(-c6ccc(-c7nc(-c8ccccc8)c8c(n7)sc7ccccc78)cc6)cc5)cc4)cc3)n2)cc1. The van der Waals surface area contributed by atoms with Crippen LogP contribution in [0.3, 0.4) is 0 Å². The Balaban J connectivity index is 0.818. The predicted octanol–water partition coefficient (Wildman–Crippen LogP) is 14.4. The lowest BCUT2D eigenvalue weighted by Gasteiger charge is -2.10. The molecule has 11 rings (SSSR count). The number of benzene rings is 8. The van der Waals surface area contributed by atoms with Crippen LogP contribution in [0.5, 0.6) is 0 Å². The van der Waals surface area contributed by atoms with Crippen molar-refractivity contribution in [3.63, 3.8) is 0 Å². The summed E-state index contributed by atoms with van der Waals surface area (Å²) in [6.45, 7) is 0.